The average Bonchev–Trinajstić information content (AvgIpc) is 3.27. The number of carbonyl (C=O) groups excluding carboxylic acids is 1. The number of halogens is 1. The highest BCUT2D eigenvalue weighted by Crippen LogP contribution is 2.45. The van der Waals surface area contributed by atoms with Crippen molar-refractivity contribution in [3.8, 4) is 11.5 Å². The number of aliphatic hydroxyl groups is 2. The summed E-state index contributed by atoms with van der Waals surface area (Å²) in [6.07, 6.45) is 5.93. The van der Waals surface area contributed by atoms with Gasteiger partial charge in [0.2, 0.25) is 0 Å². The molecule has 5 rings (SSSR count). The van der Waals surface area contributed by atoms with Crippen molar-refractivity contribution in [2.24, 2.45) is 5.92 Å². The lowest BCUT2D eigenvalue weighted by Crippen LogP contribution is -2.43. The number of amides is 1. The van der Waals surface area contributed by atoms with Crippen LogP contribution in [0.15, 0.2) is 89.1 Å². The van der Waals surface area contributed by atoms with E-state index in [1.54, 1.807) is 17.0 Å². The summed E-state index contributed by atoms with van der Waals surface area (Å²) in [5, 5.41) is 22.9. The Kier molecular flexibility index (Phi) is 7.32. The summed E-state index contributed by atoms with van der Waals surface area (Å²) in [5.74, 6) is 1.31. The highest BCUT2D eigenvalue weighted by Gasteiger charge is 2.43. The lowest BCUT2D eigenvalue weighted by molar-refractivity contribution is 0.0754. The van der Waals surface area contributed by atoms with Gasteiger partial charge >= 0.3 is 6.09 Å². The van der Waals surface area contributed by atoms with Gasteiger partial charge in [0.25, 0.3) is 0 Å². The summed E-state index contributed by atoms with van der Waals surface area (Å²) in [6, 6.07) is 16.4. The molecule has 188 valence electrons. The first-order chi connectivity index (χ1) is 17.5. The van der Waals surface area contributed by atoms with Crippen LogP contribution in [0.4, 0.5) is 4.79 Å². The maximum atomic E-state index is 13.3. The van der Waals surface area contributed by atoms with Crippen LogP contribution in [0.2, 0.25) is 0 Å². The first-order valence-electron chi connectivity index (χ1n) is 12.1. The van der Waals surface area contributed by atoms with Crippen molar-refractivity contribution in [3.63, 3.8) is 0 Å². The maximum absolute atomic E-state index is 13.3. The molecule has 1 amide bonds. The molecule has 0 saturated heterocycles. The third-order valence-corrected chi connectivity index (χ3v) is 7.03. The van der Waals surface area contributed by atoms with Crippen LogP contribution in [-0.2, 0) is 0 Å². The van der Waals surface area contributed by atoms with Gasteiger partial charge in [-0.05, 0) is 47.9 Å². The molecule has 0 fully saturated rings. The summed E-state index contributed by atoms with van der Waals surface area (Å²) >= 11 is 6.32. The smallest absolute Gasteiger partial charge is 0.416 e. The number of hydrogen-bond acceptors (Lipinski definition) is 6. The Morgan fingerprint density at radius 3 is 2.67 bits per heavy atom. The van der Waals surface area contributed by atoms with Gasteiger partial charge in [0.1, 0.15) is 17.5 Å². The highest BCUT2D eigenvalue weighted by atomic mass is 35.5. The number of aliphatic hydroxyl groups excluding tert-OH is 2. The molecule has 2 aromatic rings. The number of fused-ring (bicyclic) bond motifs is 2. The van der Waals surface area contributed by atoms with Crippen LogP contribution >= 0.6 is 11.6 Å². The van der Waals surface area contributed by atoms with E-state index in [9.17, 15) is 9.90 Å². The Labute approximate surface area is 215 Å². The van der Waals surface area contributed by atoms with Crippen molar-refractivity contribution in [3.05, 3.63) is 94.7 Å². The molecule has 2 aliphatic heterocycles. The van der Waals surface area contributed by atoms with E-state index >= 15 is 0 Å². The standard InChI is InChI=1S/C28H29ClN2O5/c29-19-8-11-25-24(16-19)23-12-14-31(28(34)36-22-4-2-1-3-5-22)27(26(23)30-25)18-6-9-21(10-7-18)35-15-13-20(33)17-32/h1-11,16,20,24-25,27,30,32-33H,12-15,17H2/t20-,24?,25?,27-/m0/s1. The minimum absolute atomic E-state index is 0.102. The number of benzene rings is 2. The van der Waals surface area contributed by atoms with Gasteiger partial charge < -0.3 is 25.0 Å². The van der Waals surface area contributed by atoms with Gasteiger partial charge in [-0.15, -0.1) is 0 Å². The second-order valence-electron chi connectivity index (χ2n) is 9.12. The van der Waals surface area contributed by atoms with Gasteiger partial charge in [-0.1, -0.05) is 54.1 Å². The number of nitrogens with one attached hydrogen (secondary N) is 1. The Bertz CT molecular complexity index is 1180. The Hall–Kier alpha value is -3.26. The summed E-state index contributed by atoms with van der Waals surface area (Å²) < 4.78 is 11.4. The normalized spacial score (nSPS) is 23.4. The van der Waals surface area contributed by atoms with Crippen LogP contribution in [-0.4, -0.2) is 53.1 Å². The van der Waals surface area contributed by atoms with Gasteiger partial charge in [-0.3, -0.25) is 4.90 Å². The molecule has 0 radical (unpaired) electrons. The van der Waals surface area contributed by atoms with Gasteiger partial charge in [0, 0.05) is 29.6 Å². The van der Waals surface area contributed by atoms with Gasteiger partial charge in [-0.2, -0.15) is 0 Å². The number of carbonyl (C=O) groups is 1. The zero-order chi connectivity index (χ0) is 25.1. The van der Waals surface area contributed by atoms with E-state index in [1.165, 1.54) is 5.57 Å². The molecular formula is C28H29ClN2O5. The Morgan fingerprint density at radius 1 is 1.14 bits per heavy atom. The van der Waals surface area contributed by atoms with Crippen LogP contribution in [0, 0.1) is 5.92 Å². The molecular weight excluding hydrogens is 480 g/mol. The molecule has 36 heavy (non-hydrogen) atoms. The number of rotatable bonds is 7. The number of hydrogen-bond donors (Lipinski definition) is 3. The monoisotopic (exact) mass is 508 g/mol. The van der Waals surface area contributed by atoms with Crippen LogP contribution in [0.3, 0.4) is 0 Å². The molecule has 1 aliphatic carbocycles. The van der Waals surface area contributed by atoms with Crippen LogP contribution in [0.5, 0.6) is 11.5 Å². The molecule has 0 spiro atoms. The molecule has 0 aromatic heterocycles. The van der Waals surface area contributed by atoms with E-state index in [2.05, 4.69) is 17.5 Å². The second-order valence-corrected chi connectivity index (χ2v) is 9.55. The summed E-state index contributed by atoms with van der Waals surface area (Å²) in [4.78, 5) is 15.1. The van der Waals surface area contributed by atoms with E-state index < -0.39 is 12.2 Å². The summed E-state index contributed by atoms with van der Waals surface area (Å²) in [6.45, 7) is 0.521. The van der Waals surface area contributed by atoms with Crippen LogP contribution in [0.1, 0.15) is 24.4 Å². The third-order valence-electron chi connectivity index (χ3n) is 6.78. The Balaban J connectivity index is 1.41. The van der Waals surface area contributed by atoms with Crippen molar-refractivity contribution in [2.45, 2.75) is 31.0 Å². The lowest BCUT2D eigenvalue weighted by atomic mass is 9.85. The number of nitrogens with zero attached hydrogens (tertiary/aromatic N) is 1. The number of ether oxygens (including phenoxy) is 2. The maximum Gasteiger partial charge on any atom is 0.416 e. The first-order valence-corrected chi connectivity index (χ1v) is 12.5. The zero-order valence-corrected chi connectivity index (χ0v) is 20.5. The SMILES string of the molecule is O=C(Oc1ccccc1)N1CCC2=C(NC3C=CC(Cl)=CC23)[C@@H]1c1ccc(OCC[C@H](O)CO)cc1. The molecule has 0 saturated carbocycles. The Morgan fingerprint density at radius 2 is 1.92 bits per heavy atom. The topological polar surface area (TPSA) is 91.3 Å². The van der Waals surface area contributed by atoms with E-state index in [4.69, 9.17) is 26.2 Å². The second kappa shape index (κ2) is 10.8. The van der Waals surface area contributed by atoms with Crippen molar-refractivity contribution in [2.75, 3.05) is 19.8 Å². The molecule has 2 aromatic carbocycles. The third kappa shape index (κ3) is 5.14. The minimum atomic E-state index is -0.797. The van der Waals surface area contributed by atoms with Crippen LogP contribution in [0.25, 0.3) is 0 Å². The van der Waals surface area contributed by atoms with Crippen molar-refractivity contribution >= 4 is 17.7 Å². The van der Waals surface area contributed by atoms with E-state index in [0.717, 1.165) is 22.7 Å². The number of allylic oxidation sites excluding steroid dienone is 2. The van der Waals surface area contributed by atoms with Crippen molar-refractivity contribution in [1.82, 2.24) is 10.2 Å². The molecule has 8 heteroatoms. The quantitative estimate of drug-likeness (QED) is 0.517. The molecule has 2 heterocycles. The molecule has 3 N–H and O–H groups in total. The lowest BCUT2D eigenvalue weighted by Gasteiger charge is -2.37. The van der Waals surface area contributed by atoms with Gasteiger partial charge in [0.05, 0.1) is 25.4 Å². The van der Waals surface area contributed by atoms with E-state index in [-0.39, 0.29) is 24.6 Å². The molecule has 0 bridgehead atoms. The molecule has 3 aliphatic rings. The fourth-order valence-corrected chi connectivity index (χ4v) is 5.19. The molecule has 4 atom stereocenters. The fourth-order valence-electron chi connectivity index (χ4n) is 4.98. The predicted molar refractivity (Wildman–Crippen MR) is 137 cm³/mol. The average molecular weight is 509 g/mol. The van der Waals surface area contributed by atoms with E-state index in [1.807, 2.05) is 48.5 Å². The summed E-state index contributed by atoms with van der Waals surface area (Å²) in [7, 11) is 0. The van der Waals surface area contributed by atoms with E-state index in [0.29, 0.717) is 31.1 Å². The fraction of sp³-hybridized carbons (Fsp3) is 0.321. The molecule has 2 unspecified atom stereocenters. The van der Waals surface area contributed by atoms with Crippen LogP contribution < -0.4 is 14.8 Å². The highest BCUT2D eigenvalue weighted by molar-refractivity contribution is 6.31. The number of para-hydroxylation sites is 1. The molecule has 7 nitrogen and oxygen atoms in total. The zero-order valence-electron chi connectivity index (χ0n) is 19.7. The summed E-state index contributed by atoms with van der Waals surface area (Å²) in [5.41, 5.74) is 3.20. The van der Waals surface area contributed by atoms with Crippen molar-refractivity contribution in [1.29, 1.82) is 0 Å². The first kappa shape index (κ1) is 24.4. The minimum Gasteiger partial charge on any atom is -0.493 e. The van der Waals surface area contributed by atoms with Gasteiger partial charge in [0.15, 0.2) is 0 Å². The van der Waals surface area contributed by atoms with Crippen molar-refractivity contribution < 1.29 is 24.5 Å². The predicted octanol–water partition coefficient (Wildman–Crippen LogP) is 4.29. The largest absolute Gasteiger partial charge is 0.493 e. The van der Waals surface area contributed by atoms with Gasteiger partial charge in [-0.25, -0.2) is 4.79 Å².